The van der Waals surface area contributed by atoms with Gasteiger partial charge in [-0.25, -0.2) is 0 Å². The third-order valence-electron chi connectivity index (χ3n) is 4.13. The predicted molar refractivity (Wildman–Crippen MR) is 82.4 cm³/mol. The van der Waals surface area contributed by atoms with Crippen LogP contribution in [0, 0.1) is 5.92 Å². The summed E-state index contributed by atoms with van der Waals surface area (Å²) in [4.78, 5) is 25.9. The lowest BCUT2D eigenvalue weighted by molar-refractivity contribution is -0.150. The molecule has 122 valence electrons. The largest absolute Gasteiger partial charge is 0.472 e. The van der Waals surface area contributed by atoms with E-state index in [0.717, 1.165) is 12.8 Å². The molecular formula is C17H25NO4. The van der Waals surface area contributed by atoms with Gasteiger partial charge in [-0.2, -0.15) is 0 Å². The number of carbonyl (C=O) groups excluding carboxylic acids is 2. The molecule has 0 N–H and O–H groups in total. The minimum absolute atomic E-state index is 0.0277. The van der Waals surface area contributed by atoms with Gasteiger partial charge < -0.3 is 14.1 Å². The molecule has 5 nitrogen and oxygen atoms in total. The second-order valence-electron chi connectivity index (χ2n) is 5.81. The molecule has 0 saturated carbocycles. The van der Waals surface area contributed by atoms with Gasteiger partial charge in [0.25, 0.3) is 5.91 Å². The maximum atomic E-state index is 12.2. The number of carbonyl (C=O) groups is 2. The Morgan fingerprint density at radius 2 is 2.05 bits per heavy atom. The molecule has 22 heavy (non-hydrogen) atoms. The average molecular weight is 307 g/mol. The molecular weight excluding hydrogens is 282 g/mol. The van der Waals surface area contributed by atoms with E-state index in [9.17, 15) is 9.59 Å². The fourth-order valence-corrected chi connectivity index (χ4v) is 2.71. The van der Waals surface area contributed by atoms with Gasteiger partial charge in [-0.05, 0) is 25.3 Å². The number of ether oxygens (including phenoxy) is 1. The number of amides is 1. The third kappa shape index (κ3) is 4.61. The van der Waals surface area contributed by atoms with Crippen LogP contribution in [-0.4, -0.2) is 36.5 Å². The summed E-state index contributed by atoms with van der Waals surface area (Å²) < 4.78 is 10.3. The lowest BCUT2D eigenvalue weighted by Gasteiger charge is -2.30. The smallest absolute Gasteiger partial charge is 0.309 e. The summed E-state index contributed by atoms with van der Waals surface area (Å²) in [6.45, 7) is 3.87. The quantitative estimate of drug-likeness (QED) is 0.573. The number of piperidine rings is 1. The van der Waals surface area contributed by atoms with Gasteiger partial charge in [0.05, 0.1) is 24.4 Å². The van der Waals surface area contributed by atoms with E-state index in [-0.39, 0.29) is 17.8 Å². The molecule has 0 aliphatic carbocycles. The maximum Gasteiger partial charge on any atom is 0.309 e. The highest BCUT2D eigenvalue weighted by Crippen LogP contribution is 2.20. The van der Waals surface area contributed by atoms with Crippen LogP contribution in [0.25, 0.3) is 0 Å². The second kappa shape index (κ2) is 8.61. The minimum Gasteiger partial charge on any atom is -0.472 e. The zero-order valence-corrected chi connectivity index (χ0v) is 13.3. The molecule has 1 aromatic heterocycles. The van der Waals surface area contributed by atoms with E-state index in [1.165, 1.54) is 25.4 Å². The molecule has 2 heterocycles. The van der Waals surface area contributed by atoms with Crippen molar-refractivity contribution >= 4 is 11.9 Å². The number of furan rings is 1. The fourth-order valence-electron chi connectivity index (χ4n) is 2.71. The number of unbranched alkanes of at least 4 members (excludes halogenated alkanes) is 3. The van der Waals surface area contributed by atoms with Crippen LogP contribution in [-0.2, 0) is 9.53 Å². The first kappa shape index (κ1) is 16.6. The van der Waals surface area contributed by atoms with Crippen molar-refractivity contribution in [1.29, 1.82) is 0 Å². The summed E-state index contributed by atoms with van der Waals surface area (Å²) in [5, 5.41) is 0. The Bertz CT molecular complexity index is 461. The number of hydrogen-bond acceptors (Lipinski definition) is 4. The van der Waals surface area contributed by atoms with E-state index in [1.54, 1.807) is 11.0 Å². The Morgan fingerprint density at radius 3 is 2.68 bits per heavy atom. The van der Waals surface area contributed by atoms with Crippen molar-refractivity contribution < 1.29 is 18.7 Å². The number of hydrogen-bond donors (Lipinski definition) is 0. The number of rotatable bonds is 7. The molecule has 2 rings (SSSR count). The first-order chi connectivity index (χ1) is 10.7. The average Bonchev–Trinajstić information content (AvgIpc) is 3.08. The predicted octanol–water partition coefficient (Wildman–Crippen LogP) is 3.26. The molecule has 1 amide bonds. The van der Waals surface area contributed by atoms with Crippen molar-refractivity contribution in [1.82, 2.24) is 4.90 Å². The van der Waals surface area contributed by atoms with Crippen LogP contribution >= 0.6 is 0 Å². The van der Waals surface area contributed by atoms with Crippen molar-refractivity contribution in [3.05, 3.63) is 24.2 Å². The summed E-state index contributed by atoms with van der Waals surface area (Å²) in [7, 11) is 0. The highest BCUT2D eigenvalue weighted by atomic mass is 16.5. The molecule has 0 unspecified atom stereocenters. The number of nitrogens with zero attached hydrogens (tertiary/aromatic N) is 1. The van der Waals surface area contributed by atoms with E-state index in [2.05, 4.69) is 6.92 Å². The molecule has 1 saturated heterocycles. The summed E-state index contributed by atoms with van der Waals surface area (Å²) in [6, 6.07) is 1.67. The summed E-state index contributed by atoms with van der Waals surface area (Å²) in [6.07, 6.45) is 8.73. The van der Waals surface area contributed by atoms with Crippen LogP contribution in [0.4, 0.5) is 0 Å². The molecule has 1 fully saturated rings. The summed E-state index contributed by atoms with van der Waals surface area (Å²) >= 11 is 0. The molecule has 1 aromatic rings. The molecule has 0 aromatic carbocycles. The number of esters is 1. The molecule has 5 heteroatoms. The molecule has 0 radical (unpaired) electrons. The lowest BCUT2D eigenvalue weighted by atomic mass is 9.96. The van der Waals surface area contributed by atoms with Crippen LogP contribution in [0.5, 0.6) is 0 Å². The van der Waals surface area contributed by atoms with Gasteiger partial charge in [-0.15, -0.1) is 0 Å². The van der Waals surface area contributed by atoms with Gasteiger partial charge in [-0.1, -0.05) is 26.2 Å². The standard InChI is InChI=1S/C17H25NO4/c1-2-3-4-5-11-22-17(20)14-6-9-18(10-7-14)16(19)15-8-12-21-13-15/h8,12-14H,2-7,9-11H2,1H3. The van der Waals surface area contributed by atoms with E-state index in [1.807, 2.05) is 0 Å². The fraction of sp³-hybridized carbons (Fsp3) is 0.647. The van der Waals surface area contributed by atoms with Crippen LogP contribution in [0.1, 0.15) is 55.8 Å². The summed E-state index contributed by atoms with van der Waals surface area (Å²) in [5.41, 5.74) is 0.567. The van der Waals surface area contributed by atoms with E-state index in [0.29, 0.717) is 38.1 Å². The minimum atomic E-state index is -0.105. The number of likely N-dealkylation sites (tertiary alicyclic amines) is 1. The molecule has 0 atom stereocenters. The van der Waals surface area contributed by atoms with Gasteiger partial charge >= 0.3 is 5.97 Å². The van der Waals surface area contributed by atoms with Gasteiger partial charge in [0.1, 0.15) is 6.26 Å². The Morgan fingerprint density at radius 1 is 1.27 bits per heavy atom. The van der Waals surface area contributed by atoms with Crippen molar-refractivity contribution in [3.8, 4) is 0 Å². The maximum absolute atomic E-state index is 12.2. The van der Waals surface area contributed by atoms with Crippen LogP contribution in [0.3, 0.4) is 0 Å². The molecule has 1 aliphatic heterocycles. The van der Waals surface area contributed by atoms with E-state index in [4.69, 9.17) is 9.15 Å². The second-order valence-corrected chi connectivity index (χ2v) is 5.81. The van der Waals surface area contributed by atoms with Gasteiger partial charge in [-0.3, -0.25) is 9.59 Å². The molecule has 0 spiro atoms. The normalized spacial score (nSPS) is 15.8. The first-order valence-electron chi connectivity index (χ1n) is 8.20. The van der Waals surface area contributed by atoms with Gasteiger partial charge in [0.15, 0.2) is 0 Å². The van der Waals surface area contributed by atoms with Gasteiger partial charge in [0.2, 0.25) is 0 Å². The van der Waals surface area contributed by atoms with E-state index >= 15 is 0 Å². The van der Waals surface area contributed by atoms with Gasteiger partial charge in [0, 0.05) is 13.1 Å². The first-order valence-corrected chi connectivity index (χ1v) is 8.20. The molecule has 0 bridgehead atoms. The van der Waals surface area contributed by atoms with Crippen molar-refractivity contribution in [2.45, 2.75) is 45.4 Å². The zero-order chi connectivity index (χ0) is 15.8. The Kier molecular flexibility index (Phi) is 6.49. The highest BCUT2D eigenvalue weighted by molar-refractivity contribution is 5.94. The van der Waals surface area contributed by atoms with Crippen LogP contribution in [0.2, 0.25) is 0 Å². The van der Waals surface area contributed by atoms with Crippen LogP contribution in [0.15, 0.2) is 23.0 Å². The Hall–Kier alpha value is -1.78. The Labute approximate surface area is 131 Å². The zero-order valence-electron chi connectivity index (χ0n) is 13.3. The van der Waals surface area contributed by atoms with Crippen molar-refractivity contribution in [2.75, 3.05) is 19.7 Å². The van der Waals surface area contributed by atoms with Crippen LogP contribution < -0.4 is 0 Å². The SMILES string of the molecule is CCCCCCOC(=O)C1CCN(C(=O)c2ccoc2)CC1. The van der Waals surface area contributed by atoms with Crippen molar-refractivity contribution in [3.63, 3.8) is 0 Å². The van der Waals surface area contributed by atoms with Crippen molar-refractivity contribution in [2.24, 2.45) is 5.92 Å². The lowest BCUT2D eigenvalue weighted by Crippen LogP contribution is -2.40. The molecule has 1 aliphatic rings. The Balaban J connectivity index is 1.68. The summed E-state index contributed by atoms with van der Waals surface area (Å²) in [5.74, 6) is -0.202. The third-order valence-corrected chi connectivity index (χ3v) is 4.13. The van der Waals surface area contributed by atoms with E-state index < -0.39 is 0 Å². The topological polar surface area (TPSA) is 59.8 Å². The highest BCUT2D eigenvalue weighted by Gasteiger charge is 2.28. The monoisotopic (exact) mass is 307 g/mol.